The number of hydrogen-bond acceptors (Lipinski definition) is 3. The Morgan fingerprint density at radius 2 is 2.35 bits per heavy atom. The quantitative estimate of drug-likeness (QED) is 0.755. The monoisotopic (exact) mass is 260 g/mol. The Balaban J connectivity index is 2.60. The van der Waals surface area contributed by atoms with Gasteiger partial charge in [-0.25, -0.2) is 9.37 Å². The van der Waals surface area contributed by atoms with Gasteiger partial charge < -0.3 is 9.64 Å². The third kappa shape index (κ3) is 4.28. The zero-order valence-electron chi connectivity index (χ0n) is 9.69. The van der Waals surface area contributed by atoms with E-state index >= 15 is 0 Å². The molecule has 0 bridgehead atoms. The Bertz CT molecular complexity index is 372. The van der Waals surface area contributed by atoms with Gasteiger partial charge in [-0.15, -0.1) is 11.6 Å². The summed E-state index contributed by atoms with van der Waals surface area (Å²) < 4.78 is 17.5. The molecular formula is C11H14ClFN2O2. The first-order valence-electron chi connectivity index (χ1n) is 5.04. The summed E-state index contributed by atoms with van der Waals surface area (Å²) in [5.41, 5.74) is 0.190. The van der Waals surface area contributed by atoms with Crippen LogP contribution < -0.4 is 0 Å². The van der Waals surface area contributed by atoms with Crippen molar-refractivity contribution in [2.24, 2.45) is 0 Å². The van der Waals surface area contributed by atoms with Crippen LogP contribution in [0.1, 0.15) is 10.5 Å². The molecule has 17 heavy (non-hydrogen) atoms. The number of hydrogen-bond donors (Lipinski definition) is 0. The van der Waals surface area contributed by atoms with Crippen molar-refractivity contribution >= 4 is 17.5 Å². The molecule has 1 unspecified atom stereocenters. The molecule has 1 aromatic heterocycles. The Morgan fingerprint density at radius 1 is 1.65 bits per heavy atom. The highest BCUT2D eigenvalue weighted by atomic mass is 35.5. The summed E-state index contributed by atoms with van der Waals surface area (Å²) in [6, 6.07) is 2.54. The Labute approximate surface area is 104 Å². The standard InChI is InChI=1S/C11H14ClFN2O2/c1-15(6-8(12)7-17-2)11(16)10-4-3-9(13)5-14-10/h3-5,8H,6-7H2,1-2H3. The number of alkyl halides is 1. The molecule has 0 spiro atoms. The fraction of sp³-hybridized carbons (Fsp3) is 0.455. The molecule has 94 valence electrons. The van der Waals surface area contributed by atoms with Crippen molar-refractivity contribution < 1.29 is 13.9 Å². The molecule has 1 aromatic rings. The van der Waals surface area contributed by atoms with Crippen LogP contribution in [0, 0.1) is 5.82 Å². The minimum absolute atomic E-state index is 0.190. The topological polar surface area (TPSA) is 42.4 Å². The number of rotatable bonds is 5. The Hall–Kier alpha value is -1.20. The molecule has 0 saturated heterocycles. The van der Waals surface area contributed by atoms with E-state index in [9.17, 15) is 9.18 Å². The van der Waals surface area contributed by atoms with Gasteiger partial charge in [0.2, 0.25) is 0 Å². The molecule has 0 radical (unpaired) electrons. The predicted octanol–water partition coefficient (Wildman–Crippen LogP) is 1.55. The molecule has 0 saturated carbocycles. The maximum atomic E-state index is 12.6. The number of halogens is 2. The molecule has 1 rings (SSSR count). The average molecular weight is 261 g/mol. The molecule has 0 aromatic carbocycles. The van der Waals surface area contributed by atoms with Crippen molar-refractivity contribution in [3.05, 3.63) is 29.8 Å². The van der Waals surface area contributed by atoms with Crippen molar-refractivity contribution in [2.75, 3.05) is 27.3 Å². The maximum Gasteiger partial charge on any atom is 0.272 e. The SMILES string of the molecule is COCC(Cl)CN(C)C(=O)c1ccc(F)cn1. The van der Waals surface area contributed by atoms with Gasteiger partial charge >= 0.3 is 0 Å². The van der Waals surface area contributed by atoms with E-state index in [0.717, 1.165) is 6.20 Å². The fourth-order valence-electron chi connectivity index (χ4n) is 1.31. The van der Waals surface area contributed by atoms with Crippen LogP contribution in [-0.2, 0) is 4.74 Å². The zero-order valence-corrected chi connectivity index (χ0v) is 10.4. The van der Waals surface area contributed by atoms with Crippen LogP contribution in [0.2, 0.25) is 0 Å². The zero-order chi connectivity index (χ0) is 12.8. The van der Waals surface area contributed by atoms with Crippen LogP contribution in [0.4, 0.5) is 4.39 Å². The van der Waals surface area contributed by atoms with E-state index in [1.54, 1.807) is 14.2 Å². The molecule has 0 fully saturated rings. The van der Waals surface area contributed by atoms with Crippen LogP contribution in [0.15, 0.2) is 18.3 Å². The number of carbonyl (C=O) groups excluding carboxylic acids is 1. The lowest BCUT2D eigenvalue weighted by Gasteiger charge is -2.19. The highest BCUT2D eigenvalue weighted by molar-refractivity contribution is 6.21. The molecule has 0 aliphatic rings. The second-order valence-electron chi connectivity index (χ2n) is 3.60. The number of ether oxygens (including phenoxy) is 1. The van der Waals surface area contributed by atoms with E-state index < -0.39 is 5.82 Å². The number of methoxy groups -OCH3 is 1. The lowest BCUT2D eigenvalue weighted by Crippen LogP contribution is -2.34. The van der Waals surface area contributed by atoms with Gasteiger partial charge in [-0.3, -0.25) is 4.79 Å². The molecule has 1 amide bonds. The summed E-state index contributed by atoms with van der Waals surface area (Å²) >= 11 is 5.93. The van der Waals surface area contributed by atoms with Gasteiger partial charge in [0.1, 0.15) is 11.5 Å². The normalized spacial score (nSPS) is 12.2. The molecule has 1 heterocycles. The average Bonchev–Trinajstić information content (AvgIpc) is 2.29. The summed E-state index contributed by atoms with van der Waals surface area (Å²) in [6.45, 7) is 0.698. The molecule has 4 nitrogen and oxygen atoms in total. The summed E-state index contributed by atoms with van der Waals surface area (Å²) in [7, 11) is 3.15. The highest BCUT2D eigenvalue weighted by Gasteiger charge is 2.16. The van der Waals surface area contributed by atoms with Crippen LogP contribution >= 0.6 is 11.6 Å². The molecule has 1 atom stereocenters. The van der Waals surface area contributed by atoms with Gasteiger partial charge in [0.25, 0.3) is 5.91 Å². The number of amides is 1. The van der Waals surface area contributed by atoms with E-state index in [4.69, 9.17) is 16.3 Å². The first-order chi connectivity index (χ1) is 8.04. The fourth-order valence-corrected chi connectivity index (χ4v) is 1.64. The van der Waals surface area contributed by atoms with Gasteiger partial charge in [0.05, 0.1) is 18.2 Å². The molecule has 6 heteroatoms. The first-order valence-corrected chi connectivity index (χ1v) is 5.48. The van der Waals surface area contributed by atoms with Crippen molar-refractivity contribution in [2.45, 2.75) is 5.38 Å². The number of aromatic nitrogens is 1. The number of nitrogens with zero attached hydrogens (tertiary/aromatic N) is 2. The van der Waals surface area contributed by atoms with Gasteiger partial charge in [-0.05, 0) is 12.1 Å². The van der Waals surface area contributed by atoms with Gasteiger partial charge in [-0.1, -0.05) is 0 Å². The minimum atomic E-state index is -0.473. The lowest BCUT2D eigenvalue weighted by atomic mass is 10.3. The van der Waals surface area contributed by atoms with E-state index in [0.29, 0.717) is 13.2 Å². The second-order valence-corrected chi connectivity index (χ2v) is 4.22. The van der Waals surface area contributed by atoms with Gasteiger partial charge in [0.15, 0.2) is 0 Å². The van der Waals surface area contributed by atoms with Crippen LogP contribution in [0.5, 0.6) is 0 Å². The smallest absolute Gasteiger partial charge is 0.272 e. The van der Waals surface area contributed by atoms with Crippen LogP contribution in [0.3, 0.4) is 0 Å². The van der Waals surface area contributed by atoms with E-state index in [1.165, 1.54) is 17.0 Å². The van der Waals surface area contributed by atoms with E-state index in [2.05, 4.69) is 4.98 Å². The lowest BCUT2D eigenvalue weighted by molar-refractivity contribution is 0.0776. The minimum Gasteiger partial charge on any atom is -0.383 e. The van der Waals surface area contributed by atoms with Crippen molar-refractivity contribution in [1.29, 1.82) is 0 Å². The summed E-state index contributed by atoms with van der Waals surface area (Å²) in [5, 5.41) is -0.283. The molecule has 0 aliphatic heterocycles. The van der Waals surface area contributed by atoms with Gasteiger partial charge in [-0.2, -0.15) is 0 Å². The third-order valence-electron chi connectivity index (χ3n) is 2.11. The Morgan fingerprint density at radius 3 is 2.88 bits per heavy atom. The van der Waals surface area contributed by atoms with Crippen molar-refractivity contribution in [3.8, 4) is 0 Å². The predicted molar refractivity (Wildman–Crippen MR) is 62.7 cm³/mol. The first kappa shape index (κ1) is 13.9. The summed E-state index contributed by atoms with van der Waals surface area (Å²) in [6.07, 6.45) is 1.01. The van der Waals surface area contributed by atoms with Crippen molar-refractivity contribution in [1.82, 2.24) is 9.88 Å². The van der Waals surface area contributed by atoms with Crippen LogP contribution in [0.25, 0.3) is 0 Å². The number of carbonyl (C=O) groups is 1. The molecule has 0 aliphatic carbocycles. The highest BCUT2D eigenvalue weighted by Crippen LogP contribution is 2.05. The van der Waals surface area contributed by atoms with Gasteiger partial charge in [0, 0.05) is 20.7 Å². The number of pyridine rings is 1. The van der Waals surface area contributed by atoms with Crippen LogP contribution in [-0.4, -0.2) is 48.5 Å². The summed E-state index contributed by atoms with van der Waals surface area (Å²) in [4.78, 5) is 17.0. The molecular weight excluding hydrogens is 247 g/mol. The third-order valence-corrected chi connectivity index (χ3v) is 2.38. The molecule has 0 N–H and O–H groups in total. The van der Waals surface area contributed by atoms with Crippen molar-refractivity contribution in [3.63, 3.8) is 0 Å². The largest absolute Gasteiger partial charge is 0.383 e. The Kier molecular flexibility index (Phi) is 5.31. The summed E-state index contributed by atoms with van der Waals surface area (Å²) in [5.74, 6) is -0.773. The van der Waals surface area contributed by atoms with E-state index in [1.807, 2.05) is 0 Å². The second kappa shape index (κ2) is 6.51. The maximum absolute atomic E-state index is 12.6. The van der Waals surface area contributed by atoms with E-state index in [-0.39, 0.29) is 17.0 Å².